The molecule has 0 aliphatic rings. The molecule has 1 rings (SSSR count). The number of aliphatic hydroxyl groups excluding tert-OH is 1. The van der Waals surface area contributed by atoms with Gasteiger partial charge in [0, 0.05) is 12.5 Å². The van der Waals surface area contributed by atoms with Gasteiger partial charge in [-0.05, 0) is 26.7 Å². The van der Waals surface area contributed by atoms with Crippen molar-refractivity contribution in [1.29, 1.82) is 0 Å². The summed E-state index contributed by atoms with van der Waals surface area (Å²) in [4.78, 5) is 4.06. The highest BCUT2D eigenvalue weighted by atomic mass is 16.3. The SMILES string of the molecule is C#CCCCC(O)c1cncn1C(C)C. The van der Waals surface area contributed by atoms with Crippen LogP contribution in [0.2, 0.25) is 0 Å². The smallest absolute Gasteiger partial charge is 0.0956 e. The molecular formula is C12H18N2O. The van der Waals surface area contributed by atoms with Gasteiger partial charge in [-0.3, -0.25) is 0 Å². The Morgan fingerprint density at radius 3 is 2.93 bits per heavy atom. The first kappa shape index (κ1) is 11.8. The summed E-state index contributed by atoms with van der Waals surface area (Å²) >= 11 is 0. The summed E-state index contributed by atoms with van der Waals surface area (Å²) in [5.41, 5.74) is 0.877. The maximum Gasteiger partial charge on any atom is 0.0956 e. The summed E-state index contributed by atoms with van der Waals surface area (Å²) in [7, 11) is 0. The molecule has 15 heavy (non-hydrogen) atoms. The Bertz CT molecular complexity index is 336. The van der Waals surface area contributed by atoms with Gasteiger partial charge in [0.05, 0.1) is 24.3 Å². The summed E-state index contributed by atoms with van der Waals surface area (Å²) < 4.78 is 1.99. The van der Waals surface area contributed by atoms with Crippen molar-refractivity contribution in [3.05, 3.63) is 18.2 Å². The van der Waals surface area contributed by atoms with Gasteiger partial charge >= 0.3 is 0 Å². The molecule has 0 amide bonds. The van der Waals surface area contributed by atoms with E-state index in [1.54, 1.807) is 12.5 Å². The van der Waals surface area contributed by atoms with Gasteiger partial charge in [0.1, 0.15) is 0 Å². The molecule has 0 bridgehead atoms. The fraction of sp³-hybridized carbons (Fsp3) is 0.583. The van der Waals surface area contributed by atoms with Gasteiger partial charge in [0.15, 0.2) is 0 Å². The first-order valence-corrected chi connectivity index (χ1v) is 5.30. The van der Waals surface area contributed by atoms with E-state index in [0.29, 0.717) is 18.9 Å². The minimum absolute atomic E-state index is 0.324. The predicted octanol–water partition coefficient (Wildman–Crippen LogP) is 2.30. The van der Waals surface area contributed by atoms with Crippen molar-refractivity contribution in [2.24, 2.45) is 0 Å². The number of hydrogen-bond donors (Lipinski definition) is 1. The number of unbranched alkanes of at least 4 members (excludes halogenated alkanes) is 1. The highest BCUT2D eigenvalue weighted by Gasteiger charge is 2.13. The number of nitrogens with zero attached hydrogens (tertiary/aromatic N) is 2. The monoisotopic (exact) mass is 206 g/mol. The van der Waals surface area contributed by atoms with Crippen LogP contribution in [0.5, 0.6) is 0 Å². The van der Waals surface area contributed by atoms with Crippen molar-refractivity contribution in [2.75, 3.05) is 0 Å². The van der Waals surface area contributed by atoms with Crippen molar-refractivity contribution < 1.29 is 5.11 Å². The largest absolute Gasteiger partial charge is 0.387 e. The van der Waals surface area contributed by atoms with Crippen molar-refractivity contribution in [3.63, 3.8) is 0 Å². The highest BCUT2D eigenvalue weighted by molar-refractivity contribution is 5.04. The number of rotatable bonds is 5. The van der Waals surface area contributed by atoms with Gasteiger partial charge in [0.2, 0.25) is 0 Å². The fourth-order valence-corrected chi connectivity index (χ4v) is 1.55. The Kier molecular flexibility index (Phi) is 4.38. The Morgan fingerprint density at radius 2 is 2.33 bits per heavy atom. The predicted molar refractivity (Wildman–Crippen MR) is 60.3 cm³/mol. The molecular weight excluding hydrogens is 188 g/mol. The second-order valence-corrected chi connectivity index (χ2v) is 3.93. The van der Waals surface area contributed by atoms with Crippen LogP contribution in [0.4, 0.5) is 0 Å². The van der Waals surface area contributed by atoms with E-state index < -0.39 is 6.10 Å². The summed E-state index contributed by atoms with van der Waals surface area (Å²) in [5.74, 6) is 2.57. The zero-order valence-electron chi connectivity index (χ0n) is 9.35. The first-order valence-electron chi connectivity index (χ1n) is 5.30. The zero-order valence-corrected chi connectivity index (χ0v) is 9.35. The van der Waals surface area contributed by atoms with E-state index in [4.69, 9.17) is 6.42 Å². The molecule has 1 unspecified atom stereocenters. The minimum atomic E-state index is -0.455. The Hall–Kier alpha value is -1.27. The number of imidazole rings is 1. The van der Waals surface area contributed by atoms with Crippen LogP contribution in [-0.4, -0.2) is 14.7 Å². The van der Waals surface area contributed by atoms with Gasteiger partial charge in [-0.2, -0.15) is 0 Å². The van der Waals surface area contributed by atoms with E-state index in [2.05, 4.69) is 24.8 Å². The van der Waals surface area contributed by atoms with E-state index >= 15 is 0 Å². The number of aliphatic hydroxyl groups is 1. The average molecular weight is 206 g/mol. The lowest BCUT2D eigenvalue weighted by Crippen LogP contribution is -2.08. The molecule has 1 N–H and O–H groups in total. The van der Waals surface area contributed by atoms with Crippen LogP contribution >= 0.6 is 0 Å². The molecule has 0 saturated carbocycles. The highest BCUT2D eigenvalue weighted by Crippen LogP contribution is 2.21. The molecule has 0 radical (unpaired) electrons. The summed E-state index contributed by atoms with van der Waals surface area (Å²) in [6.45, 7) is 4.14. The molecule has 3 heteroatoms. The molecule has 0 saturated heterocycles. The van der Waals surface area contributed by atoms with Gasteiger partial charge < -0.3 is 9.67 Å². The Morgan fingerprint density at radius 1 is 1.60 bits per heavy atom. The maximum absolute atomic E-state index is 9.94. The van der Waals surface area contributed by atoms with Crippen molar-refractivity contribution in [2.45, 2.75) is 45.3 Å². The van der Waals surface area contributed by atoms with Crippen molar-refractivity contribution in [3.8, 4) is 12.3 Å². The lowest BCUT2D eigenvalue weighted by atomic mass is 10.1. The molecule has 1 aromatic rings. The van der Waals surface area contributed by atoms with Crippen LogP contribution in [0.1, 0.15) is 50.9 Å². The van der Waals surface area contributed by atoms with Crippen LogP contribution in [0.15, 0.2) is 12.5 Å². The summed E-state index contributed by atoms with van der Waals surface area (Å²) in [6, 6.07) is 0.324. The second kappa shape index (κ2) is 5.57. The van der Waals surface area contributed by atoms with Crippen LogP contribution in [0, 0.1) is 12.3 Å². The maximum atomic E-state index is 9.94. The molecule has 0 fully saturated rings. The third-order valence-corrected chi connectivity index (χ3v) is 2.39. The number of hydrogen-bond acceptors (Lipinski definition) is 2. The molecule has 0 spiro atoms. The number of aromatic nitrogens is 2. The quantitative estimate of drug-likeness (QED) is 0.593. The summed E-state index contributed by atoms with van der Waals surface area (Å²) in [5, 5.41) is 9.94. The fourth-order valence-electron chi connectivity index (χ4n) is 1.55. The minimum Gasteiger partial charge on any atom is -0.387 e. The van der Waals surface area contributed by atoms with Gasteiger partial charge in [-0.25, -0.2) is 4.98 Å². The molecule has 1 atom stereocenters. The van der Waals surface area contributed by atoms with Crippen molar-refractivity contribution >= 4 is 0 Å². The Balaban J connectivity index is 2.61. The third kappa shape index (κ3) is 3.10. The molecule has 1 heterocycles. The molecule has 82 valence electrons. The topological polar surface area (TPSA) is 38.1 Å². The van der Waals surface area contributed by atoms with E-state index in [-0.39, 0.29) is 0 Å². The van der Waals surface area contributed by atoms with Crippen LogP contribution in [0.3, 0.4) is 0 Å². The number of terminal acetylenes is 1. The molecule has 3 nitrogen and oxygen atoms in total. The lowest BCUT2D eigenvalue weighted by Gasteiger charge is -2.15. The van der Waals surface area contributed by atoms with Crippen molar-refractivity contribution in [1.82, 2.24) is 9.55 Å². The lowest BCUT2D eigenvalue weighted by molar-refractivity contribution is 0.154. The van der Waals surface area contributed by atoms with Crippen LogP contribution in [-0.2, 0) is 0 Å². The van der Waals surface area contributed by atoms with Gasteiger partial charge in [0.25, 0.3) is 0 Å². The van der Waals surface area contributed by atoms with E-state index in [0.717, 1.165) is 12.1 Å². The molecule has 1 aromatic heterocycles. The Labute approximate surface area is 91.1 Å². The first-order chi connectivity index (χ1) is 7.16. The van der Waals surface area contributed by atoms with E-state index in [1.807, 2.05) is 4.57 Å². The third-order valence-electron chi connectivity index (χ3n) is 2.39. The molecule has 0 aliphatic carbocycles. The van der Waals surface area contributed by atoms with Crippen LogP contribution < -0.4 is 0 Å². The van der Waals surface area contributed by atoms with Gasteiger partial charge in [-0.1, -0.05) is 0 Å². The standard InChI is InChI=1S/C12H18N2O/c1-4-5-6-7-12(15)11-8-13-9-14(11)10(2)3/h1,8-10,12,15H,5-7H2,2-3H3. The summed E-state index contributed by atoms with van der Waals surface area (Å²) in [6.07, 6.45) is 10.4. The van der Waals surface area contributed by atoms with Gasteiger partial charge in [-0.15, -0.1) is 12.3 Å². The molecule has 0 aromatic carbocycles. The second-order valence-electron chi connectivity index (χ2n) is 3.93. The normalized spacial score (nSPS) is 12.7. The average Bonchev–Trinajstić information content (AvgIpc) is 2.66. The van der Waals surface area contributed by atoms with E-state index in [1.165, 1.54) is 0 Å². The molecule has 0 aliphatic heterocycles. The zero-order chi connectivity index (χ0) is 11.3. The van der Waals surface area contributed by atoms with E-state index in [9.17, 15) is 5.11 Å². The van der Waals surface area contributed by atoms with Crippen LogP contribution in [0.25, 0.3) is 0 Å².